The Balaban J connectivity index is 1.72. The van der Waals surface area contributed by atoms with E-state index in [1.54, 1.807) is 37.1 Å². The molecule has 0 bridgehead atoms. The molecule has 4 rings (SSSR count). The van der Waals surface area contributed by atoms with Crippen LogP contribution in [0, 0.1) is 6.92 Å². The van der Waals surface area contributed by atoms with Gasteiger partial charge in [-0.3, -0.25) is 4.79 Å². The zero-order chi connectivity index (χ0) is 19.8. The summed E-state index contributed by atoms with van der Waals surface area (Å²) < 4.78 is 5.84. The fourth-order valence-corrected chi connectivity index (χ4v) is 3.58. The summed E-state index contributed by atoms with van der Waals surface area (Å²) in [5.74, 6) is 0.993. The molecule has 1 amide bonds. The molecule has 0 aliphatic carbocycles. The molecular weight excluding hydrogens is 393 g/mol. The van der Waals surface area contributed by atoms with Crippen LogP contribution >= 0.6 is 23.2 Å². The van der Waals surface area contributed by atoms with Gasteiger partial charge in [0, 0.05) is 18.0 Å². The van der Waals surface area contributed by atoms with Crippen molar-refractivity contribution in [2.45, 2.75) is 6.92 Å². The number of amides is 1. The number of anilines is 1. The first-order valence-electron chi connectivity index (χ1n) is 8.77. The van der Waals surface area contributed by atoms with E-state index in [1.165, 1.54) is 0 Å². The van der Waals surface area contributed by atoms with Crippen molar-refractivity contribution < 1.29 is 9.21 Å². The van der Waals surface area contributed by atoms with Crippen molar-refractivity contribution in [1.82, 2.24) is 0 Å². The Morgan fingerprint density at radius 3 is 2.46 bits per heavy atom. The number of carbonyl (C=O) groups is 1. The van der Waals surface area contributed by atoms with Crippen molar-refractivity contribution in [2.24, 2.45) is 0 Å². The number of halogens is 2. The summed E-state index contributed by atoms with van der Waals surface area (Å²) >= 11 is 12.1. The van der Waals surface area contributed by atoms with Crippen LogP contribution in [-0.4, -0.2) is 13.0 Å². The quantitative estimate of drug-likeness (QED) is 0.365. The average molecular weight is 410 g/mol. The van der Waals surface area contributed by atoms with Crippen molar-refractivity contribution in [3.8, 4) is 11.3 Å². The molecule has 0 radical (unpaired) electrons. The van der Waals surface area contributed by atoms with Gasteiger partial charge in [-0.25, -0.2) is 0 Å². The molecule has 4 aromatic rings. The Morgan fingerprint density at radius 1 is 0.929 bits per heavy atom. The maximum atomic E-state index is 13.2. The number of carbonyl (C=O) groups excluding carboxylic acids is 1. The smallest absolute Gasteiger partial charge is 0.261 e. The van der Waals surface area contributed by atoms with Crippen molar-refractivity contribution in [3.63, 3.8) is 0 Å². The van der Waals surface area contributed by atoms with Gasteiger partial charge in [0.15, 0.2) is 0 Å². The molecule has 0 aliphatic rings. The van der Waals surface area contributed by atoms with Crippen LogP contribution in [0.5, 0.6) is 0 Å². The molecule has 0 aliphatic heterocycles. The molecule has 0 spiro atoms. The van der Waals surface area contributed by atoms with Crippen LogP contribution in [-0.2, 0) is 0 Å². The van der Waals surface area contributed by atoms with Gasteiger partial charge >= 0.3 is 0 Å². The fourth-order valence-electron chi connectivity index (χ4n) is 3.28. The Bertz CT molecular complexity index is 1190. The number of hydrogen-bond acceptors (Lipinski definition) is 2. The van der Waals surface area contributed by atoms with Gasteiger partial charge in [0.1, 0.15) is 11.5 Å². The summed E-state index contributed by atoms with van der Waals surface area (Å²) in [7, 11) is 1.77. The summed E-state index contributed by atoms with van der Waals surface area (Å²) in [6.07, 6.45) is 0. The lowest BCUT2D eigenvalue weighted by molar-refractivity contribution is 0.0992. The van der Waals surface area contributed by atoms with Gasteiger partial charge in [0.25, 0.3) is 5.91 Å². The molecule has 3 aromatic carbocycles. The molecule has 140 valence electrons. The van der Waals surface area contributed by atoms with Gasteiger partial charge in [-0.1, -0.05) is 59.6 Å². The zero-order valence-corrected chi connectivity index (χ0v) is 16.9. The van der Waals surface area contributed by atoms with Crippen LogP contribution in [0.4, 0.5) is 5.69 Å². The van der Waals surface area contributed by atoms with Gasteiger partial charge in [-0.2, -0.15) is 0 Å². The first kappa shape index (κ1) is 18.6. The number of hydrogen-bond donors (Lipinski definition) is 0. The third-order valence-corrected chi connectivity index (χ3v) is 5.52. The summed E-state index contributed by atoms with van der Waals surface area (Å²) in [5, 5.41) is 3.02. The second-order valence-electron chi connectivity index (χ2n) is 6.57. The number of rotatable bonds is 3. The van der Waals surface area contributed by atoms with E-state index < -0.39 is 0 Å². The summed E-state index contributed by atoms with van der Waals surface area (Å²) in [6, 6.07) is 20.9. The maximum absolute atomic E-state index is 13.2. The number of furan rings is 1. The third-order valence-electron chi connectivity index (χ3n) is 4.78. The molecule has 0 fully saturated rings. The summed E-state index contributed by atoms with van der Waals surface area (Å²) in [4.78, 5) is 14.8. The molecule has 3 nitrogen and oxygen atoms in total. The lowest BCUT2D eigenvalue weighted by Gasteiger charge is -2.19. The van der Waals surface area contributed by atoms with E-state index in [4.69, 9.17) is 27.6 Å². The zero-order valence-electron chi connectivity index (χ0n) is 15.4. The van der Waals surface area contributed by atoms with Gasteiger partial charge in [0.05, 0.1) is 21.3 Å². The van der Waals surface area contributed by atoms with Crippen LogP contribution < -0.4 is 4.90 Å². The molecule has 0 atom stereocenters. The highest BCUT2D eigenvalue weighted by Crippen LogP contribution is 2.32. The van der Waals surface area contributed by atoms with Gasteiger partial charge < -0.3 is 9.32 Å². The molecule has 0 saturated heterocycles. The topological polar surface area (TPSA) is 33.5 Å². The predicted octanol–water partition coefficient (Wildman–Crippen LogP) is 6.99. The second kappa shape index (κ2) is 7.34. The lowest BCUT2D eigenvalue weighted by Crippen LogP contribution is -2.26. The molecule has 0 N–H and O–H groups in total. The van der Waals surface area contributed by atoms with E-state index in [9.17, 15) is 4.79 Å². The van der Waals surface area contributed by atoms with Crippen molar-refractivity contribution >= 4 is 45.6 Å². The molecule has 28 heavy (non-hydrogen) atoms. The highest BCUT2D eigenvalue weighted by Gasteiger charge is 2.21. The fraction of sp³-hybridized carbons (Fsp3) is 0.0870. The molecular formula is C23H17Cl2NO2. The molecule has 0 unspecified atom stereocenters. The number of benzene rings is 3. The van der Waals surface area contributed by atoms with Gasteiger partial charge in [-0.15, -0.1) is 0 Å². The Kier molecular flexibility index (Phi) is 4.88. The average Bonchev–Trinajstić information content (AvgIpc) is 3.10. The minimum atomic E-state index is -0.135. The van der Waals surface area contributed by atoms with E-state index >= 15 is 0 Å². The van der Waals surface area contributed by atoms with E-state index in [1.807, 2.05) is 48.5 Å². The van der Waals surface area contributed by atoms with Crippen LogP contribution in [0.2, 0.25) is 10.0 Å². The van der Waals surface area contributed by atoms with Crippen LogP contribution in [0.3, 0.4) is 0 Å². The first-order valence-corrected chi connectivity index (χ1v) is 9.53. The van der Waals surface area contributed by atoms with Gasteiger partial charge in [0.2, 0.25) is 0 Å². The summed E-state index contributed by atoms with van der Waals surface area (Å²) in [6.45, 7) is 1.78. The molecule has 1 aromatic heterocycles. The first-order chi connectivity index (χ1) is 13.5. The minimum Gasteiger partial charge on any atom is -0.461 e. The van der Waals surface area contributed by atoms with E-state index in [0.29, 0.717) is 27.1 Å². The monoisotopic (exact) mass is 409 g/mol. The molecule has 5 heteroatoms. The Hall–Kier alpha value is -2.75. The van der Waals surface area contributed by atoms with Crippen LogP contribution in [0.1, 0.15) is 16.1 Å². The van der Waals surface area contributed by atoms with Crippen LogP contribution in [0.15, 0.2) is 71.1 Å². The largest absolute Gasteiger partial charge is 0.461 e. The molecule has 1 heterocycles. The van der Waals surface area contributed by atoms with E-state index in [2.05, 4.69) is 0 Å². The van der Waals surface area contributed by atoms with Crippen molar-refractivity contribution in [2.75, 3.05) is 11.9 Å². The number of fused-ring (bicyclic) bond motifs is 1. The normalized spacial score (nSPS) is 11.0. The molecule has 0 saturated carbocycles. The maximum Gasteiger partial charge on any atom is 0.261 e. The SMILES string of the molecule is Cc1oc(-c2ccc(Cl)c(Cl)c2)cc1C(=O)N(C)c1cccc2ccccc12. The van der Waals surface area contributed by atoms with Crippen LogP contribution in [0.25, 0.3) is 22.1 Å². The Morgan fingerprint density at radius 2 is 1.68 bits per heavy atom. The highest BCUT2D eigenvalue weighted by atomic mass is 35.5. The Labute approximate surface area is 173 Å². The van der Waals surface area contributed by atoms with E-state index in [-0.39, 0.29) is 5.91 Å². The number of nitrogens with zero attached hydrogens (tertiary/aromatic N) is 1. The lowest BCUT2D eigenvalue weighted by atomic mass is 10.1. The minimum absolute atomic E-state index is 0.135. The summed E-state index contributed by atoms with van der Waals surface area (Å²) in [5.41, 5.74) is 2.13. The number of aryl methyl sites for hydroxylation is 1. The predicted molar refractivity (Wildman–Crippen MR) is 116 cm³/mol. The highest BCUT2D eigenvalue weighted by molar-refractivity contribution is 6.42. The van der Waals surface area contributed by atoms with E-state index in [0.717, 1.165) is 22.0 Å². The third kappa shape index (κ3) is 3.28. The van der Waals surface area contributed by atoms with Crippen molar-refractivity contribution in [3.05, 3.63) is 88.1 Å². The van der Waals surface area contributed by atoms with Gasteiger partial charge in [-0.05, 0) is 42.6 Å². The standard InChI is InChI=1S/C23H17Cl2NO2/c1-14-18(13-22(28-14)16-10-11-19(24)20(25)12-16)23(27)26(2)21-9-5-7-15-6-3-4-8-17(15)21/h3-13H,1-2H3. The van der Waals surface area contributed by atoms with Crippen molar-refractivity contribution in [1.29, 1.82) is 0 Å². The second-order valence-corrected chi connectivity index (χ2v) is 7.39.